The number of benzene rings is 2. The molecule has 1 aromatic heterocycles. The maximum Gasteiger partial charge on any atom is 0.194 e. The van der Waals surface area contributed by atoms with E-state index in [0.717, 1.165) is 0 Å². The lowest BCUT2D eigenvalue weighted by atomic mass is 9.99. The van der Waals surface area contributed by atoms with Gasteiger partial charge in [-0.15, -0.1) is 11.3 Å². The third kappa shape index (κ3) is 3.70. The van der Waals surface area contributed by atoms with E-state index >= 15 is 0 Å². The standard InChI is InChI=1S/C30H12N4O2S/c31-13-17(14-32)27-21-5-1-3-7-23(21)29(35)25(27)11-19-9-10-20(37-19)12-26-28(18(15-33)16-34)22-6-2-4-8-24(22)30(26)36/h1-12H/b25-11-,26-12-. The second-order valence-corrected chi connectivity index (χ2v) is 9.20. The average molecular weight is 493 g/mol. The number of Topliss-reactive ketones (excluding diaryl/α,β-unsaturated/α-hetero) is 2. The van der Waals surface area contributed by atoms with E-state index < -0.39 is 0 Å². The van der Waals surface area contributed by atoms with Crippen molar-refractivity contribution in [3.05, 3.63) is 115 Å². The van der Waals surface area contributed by atoms with Gasteiger partial charge in [-0.2, -0.15) is 21.0 Å². The summed E-state index contributed by atoms with van der Waals surface area (Å²) in [5.41, 5.74) is 2.76. The number of allylic oxidation sites excluding steroid dienone is 6. The van der Waals surface area contributed by atoms with Crippen molar-refractivity contribution in [1.29, 1.82) is 21.0 Å². The zero-order chi connectivity index (χ0) is 26.1. The number of hydrogen-bond acceptors (Lipinski definition) is 7. The first-order valence-electron chi connectivity index (χ1n) is 10.9. The quantitative estimate of drug-likeness (QED) is 0.323. The Labute approximate surface area is 215 Å². The summed E-state index contributed by atoms with van der Waals surface area (Å²) < 4.78 is 0. The zero-order valence-corrected chi connectivity index (χ0v) is 19.8. The van der Waals surface area contributed by atoms with Crippen molar-refractivity contribution in [2.24, 2.45) is 0 Å². The molecule has 170 valence electrons. The van der Waals surface area contributed by atoms with E-state index in [2.05, 4.69) is 0 Å². The predicted molar refractivity (Wildman–Crippen MR) is 138 cm³/mol. The molecule has 0 bridgehead atoms. The Morgan fingerprint density at radius 3 is 1.27 bits per heavy atom. The van der Waals surface area contributed by atoms with Gasteiger partial charge in [-0.1, -0.05) is 48.5 Å². The lowest BCUT2D eigenvalue weighted by Gasteiger charge is -2.01. The Balaban J connectivity index is 1.62. The summed E-state index contributed by atoms with van der Waals surface area (Å²) in [4.78, 5) is 27.6. The van der Waals surface area contributed by atoms with Crippen LogP contribution in [0, 0.1) is 45.3 Å². The summed E-state index contributed by atoms with van der Waals surface area (Å²) in [5, 5.41) is 38.0. The van der Waals surface area contributed by atoms with Gasteiger partial charge in [0.2, 0.25) is 0 Å². The SMILES string of the molecule is N#CC(C#N)=C1/C(=C/c2ccc(/C=C3\C(=O)c4ccccc4C3=C(C#N)C#N)s2)C(=O)c2ccccc21. The van der Waals surface area contributed by atoms with E-state index in [1.54, 1.807) is 72.8 Å². The van der Waals surface area contributed by atoms with Crippen molar-refractivity contribution in [2.45, 2.75) is 0 Å². The van der Waals surface area contributed by atoms with Gasteiger partial charge in [-0.25, -0.2) is 0 Å². The minimum atomic E-state index is -0.277. The summed E-state index contributed by atoms with van der Waals surface area (Å²) in [6.07, 6.45) is 3.27. The first kappa shape index (κ1) is 23.2. The van der Waals surface area contributed by atoms with Crippen LogP contribution < -0.4 is 0 Å². The number of nitrogens with zero attached hydrogens (tertiary/aromatic N) is 4. The first-order chi connectivity index (χ1) is 18.0. The highest BCUT2D eigenvalue weighted by Gasteiger charge is 2.33. The molecule has 37 heavy (non-hydrogen) atoms. The van der Waals surface area contributed by atoms with Gasteiger partial charge in [0.1, 0.15) is 35.4 Å². The largest absolute Gasteiger partial charge is 0.289 e. The summed E-state index contributed by atoms with van der Waals surface area (Å²) in [6, 6.07) is 24.8. The van der Waals surface area contributed by atoms with Gasteiger partial charge < -0.3 is 0 Å². The Hall–Kier alpha value is -5.60. The van der Waals surface area contributed by atoms with E-state index in [1.165, 1.54) is 11.3 Å². The van der Waals surface area contributed by atoms with Gasteiger partial charge in [-0.3, -0.25) is 9.59 Å². The van der Waals surface area contributed by atoms with Gasteiger partial charge >= 0.3 is 0 Å². The topological polar surface area (TPSA) is 129 Å². The number of fused-ring (bicyclic) bond motifs is 2. The highest BCUT2D eigenvalue weighted by atomic mass is 32.1. The molecule has 0 radical (unpaired) electrons. The lowest BCUT2D eigenvalue weighted by molar-refractivity contribution is 0.103. The summed E-state index contributed by atoms with van der Waals surface area (Å²) in [5.74, 6) is -0.553. The minimum Gasteiger partial charge on any atom is -0.289 e. The van der Waals surface area contributed by atoms with Crippen LogP contribution in [0.3, 0.4) is 0 Å². The van der Waals surface area contributed by atoms with Gasteiger partial charge in [0.15, 0.2) is 11.6 Å². The van der Waals surface area contributed by atoms with Crippen molar-refractivity contribution >= 4 is 46.2 Å². The van der Waals surface area contributed by atoms with Crippen molar-refractivity contribution < 1.29 is 9.59 Å². The molecule has 0 aliphatic heterocycles. The zero-order valence-electron chi connectivity index (χ0n) is 18.9. The molecule has 0 fully saturated rings. The molecule has 0 amide bonds. The number of thiophene rings is 1. The molecule has 0 spiro atoms. The smallest absolute Gasteiger partial charge is 0.194 e. The number of carbonyl (C=O) groups excluding carboxylic acids is 2. The monoisotopic (exact) mass is 492 g/mol. The van der Waals surface area contributed by atoms with Crippen LogP contribution in [0.15, 0.2) is 83.0 Å². The van der Waals surface area contributed by atoms with Gasteiger partial charge in [0, 0.05) is 43.2 Å². The van der Waals surface area contributed by atoms with Gasteiger partial charge in [0.25, 0.3) is 0 Å². The van der Waals surface area contributed by atoms with Crippen LogP contribution in [-0.4, -0.2) is 11.6 Å². The summed E-state index contributed by atoms with van der Waals surface area (Å²) in [6.45, 7) is 0. The fourth-order valence-corrected chi connectivity index (χ4v) is 5.40. The van der Waals surface area contributed by atoms with Crippen LogP contribution in [-0.2, 0) is 0 Å². The fraction of sp³-hybridized carbons (Fsp3) is 0. The molecule has 6 nitrogen and oxygen atoms in total. The first-order valence-corrected chi connectivity index (χ1v) is 11.7. The van der Waals surface area contributed by atoms with Gasteiger partial charge in [-0.05, 0) is 35.4 Å². The van der Waals surface area contributed by atoms with E-state index in [1.807, 2.05) is 24.3 Å². The molecule has 0 atom stereocenters. The molecule has 2 aromatic carbocycles. The Morgan fingerprint density at radius 1 is 0.568 bits per heavy atom. The number of ketones is 2. The van der Waals surface area contributed by atoms with Crippen LogP contribution in [0.1, 0.15) is 41.6 Å². The van der Waals surface area contributed by atoms with E-state index in [4.69, 9.17) is 0 Å². The van der Waals surface area contributed by atoms with E-state index in [9.17, 15) is 30.6 Å². The second-order valence-electron chi connectivity index (χ2n) is 8.05. The number of carbonyl (C=O) groups is 2. The molecule has 0 saturated carbocycles. The van der Waals surface area contributed by atoms with Crippen molar-refractivity contribution in [3.8, 4) is 24.3 Å². The van der Waals surface area contributed by atoms with E-state index in [-0.39, 0.29) is 33.9 Å². The molecule has 7 heteroatoms. The molecule has 1 heterocycles. The minimum absolute atomic E-state index is 0.145. The fourth-order valence-electron chi connectivity index (χ4n) is 4.50. The Bertz CT molecular complexity index is 1690. The van der Waals surface area contributed by atoms with Crippen molar-refractivity contribution in [1.82, 2.24) is 0 Å². The summed E-state index contributed by atoms with van der Waals surface area (Å²) >= 11 is 1.29. The highest BCUT2D eigenvalue weighted by Crippen LogP contribution is 2.42. The summed E-state index contributed by atoms with van der Waals surface area (Å²) in [7, 11) is 0. The highest BCUT2D eigenvalue weighted by molar-refractivity contribution is 7.13. The molecule has 5 rings (SSSR count). The Kier molecular flexibility index (Phi) is 5.77. The molecule has 0 unspecified atom stereocenters. The molecule has 0 saturated heterocycles. The van der Waals surface area contributed by atoms with Crippen LogP contribution >= 0.6 is 11.3 Å². The third-order valence-corrected chi connectivity index (χ3v) is 7.06. The maximum atomic E-state index is 13.1. The maximum absolute atomic E-state index is 13.1. The second kappa shape index (κ2) is 9.21. The molecule has 2 aliphatic carbocycles. The molecular formula is C30H12N4O2S. The molecule has 3 aromatic rings. The molecule has 0 N–H and O–H groups in total. The van der Waals surface area contributed by atoms with Crippen LogP contribution in [0.5, 0.6) is 0 Å². The van der Waals surface area contributed by atoms with Gasteiger partial charge in [0.05, 0.1) is 0 Å². The normalized spacial score (nSPS) is 15.6. The number of nitriles is 4. The van der Waals surface area contributed by atoms with Crippen LogP contribution in [0.2, 0.25) is 0 Å². The third-order valence-electron chi connectivity index (χ3n) is 6.08. The Morgan fingerprint density at radius 2 is 0.919 bits per heavy atom. The average Bonchev–Trinajstić information content (AvgIpc) is 3.57. The molecule has 2 aliphatic rings. The van der Waals surface area contributed by atoms with Crippen molar-refractivity contribution in [2.75, 3.05) is 0 Å². The van der Waals surface area contributed by atoms with Crippen molar-refractivity contribution in [3.63, 3.8) is 0 Å². The number of hydrogen-bond donors (Lipinski definition) is 0. The number of rotatable bonds is 2. The van der Waals surface area contributed by atoms with Crippen LogP contribution in [0.4, 0.5) is 0 Å². The molecular weight excluding hydrogens is 480 g/mol. The van der Waals surface area contributed by atoms with Crippen LogP contribution in [0.25, 0.3) is 23.3 Å². The van der Waals surface area contributed by atoms with E-state index in [0.29, 0.717) is 43.2 Å². The predicted octanol–water partition coefficient (Wildman–Crippen LogP) is 5.91. The lowest BCUT2D eigenvalue weighted by Crippen LogP contribution is -1.95.